The molecule has 7 nitrogen and oxygen atoms in total. The van der Waals surface area contributed by atoms with Crippen molar-refractivity contribution >= 4 is 21.8 Å². The average molecular weight is 404 g/mol. The van der Waals surface area contributed by atoms with E-state index >= 15 is 0 Å². The number of carbonyl (C=O) groups excluding carboxylic acids is 1. The Balaban J connectivity index is 1.64. The second-order valence-electron chi connectivity index (χ2n) is 6.60. The highest BCUT2D eigenvalue weighted by molar-refractivity contribution is 9.10. The summed E-state index contributed by atoms with van der Waals surface area (Å²) in [6, 6.07) is 7.65. The number of nitrogens with zero attached hydrogens (tertiary/aromatic N) is 4. The van der Waals surface area contributed by atoms with Gasteiger partial charge in [0.25, 0.3) is 5.91 Å². The number of hydrogen-bond donors (Lipinski definition) is 1. The molecule has 0 radical (unpaired) electrons. The van der Waals surface area contributed by atoms with Gasteiger partial charge in [-0.15, -0.1) is 0 Å². The standard InChI is InChI=1S/C17H18BrN5O2/c1-17(2,3)16-21-14(22-25-16)9-19-15(24)11-8-20-23(10-11)13-6-4-12(18)5-7-13/h4-8,10H,9H2,1-3H3,(H,19,24). The first kappa shape index (κ1) is 17.3. The average Bonchev–Trinajstić information content (AvgIpc) is 3.22. The van der Waals surface area contributed by atoms with E-state index in [1.807, 2.05) is 45.0 Å². The Hall–Kier alpha value is -2.48. The van der Waals surface area contributed by atoms with Gasteiger partial charge in [-0.25, -0.2) is 4.68 Å². The molecule has 3 rings (SSSR count). The van der Waals surface area contributed by atoms with Crippen LogP contribution in [0.25, 0.3) is 5.69 Å². The van der Waals surface area contributed by atoms with Gasteiger partial charge in [0.15, 0.2) is 5.82 Å². The normalized spacial score (nSPS) is 11.5. The number of halogens is 1. The predicted molar refractivity (Wildman–Crippen MR) is 95.4 cm³/mol. The molecule has 0 atom stereocenters. The third-order valence-electron chi connectivity index (χ3n) is 3.45. The second-order valence-corrected chi connectivity index (χ2v) is 7.51. The van der Waals surface area contributed by atoms with E-state index in [2.05, 4.69) is 36.5 Å². The minimum Gasteiger partial charge on any atom is -0.345 e. The SMILES string of the molecule is CC(C)(C)c1nc(CNC(=O)c2cnn(-c3ccc(Br)cc3)c2)no1. The van der Waals surface area contributed by atoms with Crippen LogP contribution in [0, 0.1) is 0 Å². The molecule has 0 spiro atoms. The van der Waals surface area contributed by atoms with Crippen LogP contribution in [-0.2, 0) is 12.0 Å². The number of nitrogens with one attached hydrogen (secondary N) is 1. The van der Waals surface area contributed by atoms with Crippen LogP contribution in [0.1, 0.15) is 42.8 Å². The van der Waals surface area contributed by atoms with Gasteiger partial charge in [0.05, 0.1) is 24.0 Å². The Morgan fingerprint density at radius 1 is 1.28 bits per heavy atom. The predicted octanol–water partition coefficient (Wildman–Crippen LogP) is 3.25. The highest BCUT2D eigenvalue weighted by Crippen LogP contribution is 2.19. The quantitative estimate of drug-likeness (QED) is 0.722. The molecule has 1 amide bonds. The highest BCUT2D eigenvalue weighted by atomic mass is 79.9. The van der Waals surface area contributed by atoms with E-state index in [0.717, 1.165) is 10.2 Å². The second kappa shape index (κ2) is 6.79. The van der Waals surface area contributed by atoms with Gasteiger partial charge in [0.1, 0.15) is 0 Å². The van der Waals surface area contributed by atoms with Crippen molar-refractivity contribution in [3.05, 3.63) is 58.4 Å². The fraction of sp³-hybridized carbons (Fsp3) is 0.294. The van der Waals surface area contributed by atoms with Crippen molar-refractivity contribution in [3.8, 4) is 5.69 Å². The number of amides is 1. The summed E-state index contributed by atoms with van der Waals surface area (Å²) in [5.41, 5.74) is 1.11. The molecule has 8 heteroatoms. The van der Waals surface area contributed by atoms with Gasteiger partial charge in [-0.05, 0) is 24.3 Å². The van der Waals surface area contributed by atoms with Crippen LogP contribution < -0.4 is 5.32 Å². The zero-order chi connectivity index (χ0) is 18.0. The molecule has 0 saturated heterocycles. The number of rotatable bonds is 4. The Kier molecular flexibility index (Phi) is 4.71. The minimum absolute atomic E-state index is 0.196. The van der Waals surface area contributed by atoms with Gasteiger partial charge < -0.3 is 9.84 Å². The number of benzene rings is 1. The summed E-state index contributed by atoms with van der Waals surface area (Å²) < 4.78 is 7.83. The lowest BCUT2D eigenvalue weighted by Crippen LogP contribution is -2.23. The summed E-state index contributed by atoms with van der Waals surface area (Å²) in [6.07, 6.45) is 3.20. The molecule has 0 aliphatic rings. The topological polar surface area (TPSA) is 85.8 Å². The lowest BCUT2D eigenvalue weighted by molar-refractivity contribution is 0.0949. The van der Waals surface area contributed by atoms with Crippen molar-refractivity contribution in [3.63, 3.8) is 0 Å². The van der Waals surface area contributed by atoms with Crippen molar-refractivity contribution in [2.75, 3.05) is 0 Å². The van der Waals surface area contributed by atoms with Crippen LogP contribution in [0.4, 0.5) is 0 Å². The summed E-state index contributed by atoms with van der Waals surface area (Å²) in [6.45, 7) is 6.15. The van der Waals surface area contributed by atoms with Gasteiger partial charge in [-0.2, -0.15) is 10.1 Å². The molecular weight excluding hydrogens is 386 g/mol. The molecule has 25 heavy (non-hydrogen) atoms. The van der Waals surface area contributed by atoms with Crippen LogP contribution in [0.5, 0.6) is 0 Å². The fourth-order valence-corrected chi connectivity index (χ4v) is 2.33. The van der Waals surface area contributed by atoms with Crippen molar-refractivity contribution in [2.45, 2.75) is 32.7 Å². The largest absolute Gasteiger partial charge is 0.345 e. The lowest BCUT2D eigenvalue weighted by Gasteiger charge is -2.10. The zero-order valence-electron chi connectivity index (χ0n) is 14.2. The van der Waals surface area contributed by atoms with E-state index in [0.29, 0.717) is 17.3 Å². The lowest BCUT2D eigenvalue weighted by atomic mass is 9.97. The molecule has 0 aliphatic carbocycles. The van der Waals surface area contributed by atoms with Gasteiger partial charge in [0, 0.05) is 16.1 Å². The van der Waals surface area contributed by atoms with E-state index in [1.165, 1.54) is 6.20 Å². The van der Waals surface area contributed by atoms with E-state index in [1.54, 1.807) is 10.9 Å². The van der Waals surface area contributed by atoms with Crippen LogP contribution in [0.2, 0.25) is 0 Å². The summed E-state index contributed by atoms with van der Waals surface area (Å²) in [7, 11) is 0. The van der Waals surface area contributed by atoms with E-state index in [9.17, 15) is 4.79 Å². The molecular formula is C17H18BrN5O2. The molecule has 0 saturated carbocycles. The molecule has 0 fully saturated rings. The Bertz CT molecular complexity index is 877. The van der Waals surface area contributed by atoms with Crippen molar-refractivity contribution in [1.82, 2.24) is 25.2 Å². The summed E-state index contributed by atoms with van der Waals surface area (Å²) in [5, 5.41) is 10.9. The molecule has 0 bridgehead atoms. The van der Waals surface area contributed by atoms with Gasteiger partial charge in [-0.3, -0.25) is 4.79 Å². The molecule has 1 N–H and O–H groups in total. The molecule has 1 aromatic carbocycles. The maximum Gasteiger partial charge on any atom is 0.254 e. The Morgan fingerprint density at radius 2 is 2.00 bits per heavy atom. The van der Waals surface area contributed by atoms with Crippen LogP contribution in [0.15, 0.2) is 45.7 Å². The minimum atomic E-state index is -0.245. The molecule has 3 aromatic rings. The third kappa shape index (κ3) is 4.14. The summed E-state index contributed by atoms with van der Waals surface area (Å²) in [5.74, 6) is 0.740. The third-order valence-corrected chi connectivity index (χ3v) is 3.98. The first-order chi connectivity index (χ1) is 11.8. The summed E-state index contributed by atoms with van der Waals surface area (Å²) >= 11 is 3.39. The van der Waals surface area contributed by atoms with E-state index in [4.69, 9.17) is 4.52 Å². The van der Waals surface area contributed by atoms with Gasteiger partial charge >= 0.3 is 0 Å². The molecule has 0 unspecified atom stereocenters. The Morgan fingerprint density at radius 3 is 2.64 bits per heavy atom. The molecule has 2 aromatic heterocycles. The van der Waals surface area contributed by atoms with Crippen LogP contribution in [-0.4, -0.2) is 25.8 Å². The van der Waals surface area contributed by atoms with Crippen LogP contribution in [0.3, 0.4) is 0 Å². The fourth-order valence-electron chi connectivity index (χ4n) is 2.07. The summed E-state index contributed by atoms with van der Waals surface area (Å²) in [4.78, 5) is 16.6. The molecule has 0 aliphatic heterocycles. The molecule has 130 valence electrons. The van der Waals surface area contributed by atoms with Crippen molar-refractivity contribution < 1.29 is 9.32 Å². The van der Waals surface area contributed by atoms with Crippen molar-refractivity contribution in [1.29, 1.82) is 0 Å². The number of hydrogen-bond acceptors (Lipinski definition) is 5. The monoisotopic (exact) mass is 403 g/mol. The maximum absolute atomic E-state index is 12.3. The first-order valence-corrected chi connectivity index (χ1v) is 8.54. The maximum atomic E-state index is 12.3. The molecule has 2 heterocycles. The van der Waals surface area contributed by atoms with E-state index < -0.39 is 0 Å². The van der Waals surface area contributed by atoms with Gasteiger partial charge in [0.2, 0.25) is 5.89 Å². The first-order valence-electron chi connectivity index (χ1n) is 7.75. The number of aromatic nitrogens is 4. The van der Waals surface area contributed by atoms with Gasteiger partial charge in [-0.1, -0.05) is 41.9 Å². The highest BCUT2D eigenvalue weighted by Gasteiger charge is 2.22. The van der Waals surface area contributed by atoms with E-state index in [-0.39, 0.29) is 17.9 Å². The van der Waals surface area contributed by atoms with Crippen molar-refractivity contribution in [2.24, 2.45) is 0 Å². The zero-order valence-corrected chi connectivity index (χ0v) is 15.7. The smallest absolute Gasteiger partial charge is 0.254 e. The number of carbonyl (C=O) groups is 1. The van der Waals surface area contributed by atoms with Crippen LogP contribution >= 0.6 is 15.9 Å². The Labute approximate surface area is 153 Å².